The Kier molecular flexibility index (Phi) is 4.36. The van der Waals surface area contributed by atoms with Gasteiger partial charge in [0.15, 0.2) is 5.69 Å². The highest BCUT2D eigenvalue weighted by Crippen LogP contribution is 2.40. The number of carbonyl (C=O) groups is 1. The van der Waals surface area contributed by atoms with Crippen LogP contribution in [0.1, 0.15) is 37.2 Å². The first-order valence-electron chi connectivity index (χ1n) is 8.01. The van der Waals surface area contributed by atoms with E-state index in [1.54, 1.807) is 12.1 Å². The largest absolute Gasteiger partial charge is 0.396 e. The number of nitrogens with zero attached hydrogens (tertiary/aromatic N) is 3. The zero-order valence-electron chi connectivity index (χ0n) is 13.7. The van der Waals surface area contributed by atoms with E-state index >= 15 is 0 Å². The summed E-state index contributed by atoms with van der Waals surface area (Å²) in [5, 5.41) is 20.8. The number of hydrogen-bond donors (Lipinski definition) is 2. The smallest absolute Gasteiger partial charge is 0.273 e. The van der Waals surface area contributed by atoms with Crippen LogP contribution in [0.4, 0.5) is 4.39 Å². The third kappa shape index (κ3) is 3.46. The predicted octanol–water partition coefficient (Wildman–Crippen LogP) is 1.93. The highest BCUT2D eigenvalue weighted by atomic mass is 19.1. The summed E-state index contributed by atoms with van der Waals surface area (Å²) in [5.41, 5.74) is 0.368. The van der Waals surface area contributed by atoms with Crippen LogP contribution in [0, 0.1) is 17.2 Å². The molecule has 1 aliphatic rings. The van der Waals surface area contributed by atoms with Gasteiger partial charge >= 0.3 is 0 Å². The Labute approximate surface area is 139 Å². The molecule has 1 atom stereocenters. The lowest BCUT2D eigenvalue weighted by Gasteiger charge is -2.33. The molecule has 7 heteroatoms. The second kappa shape index (κ2) is 6.32. The van der Waals surface area contributed by atoms with Crippen LogP contribution in [0.2, 0.25) is 0 Å². The van der Waals surface area contributed by atoms with Gasteiger partial charge in [-0.05, 0) is 43.0 Å². The monoisotopic (exact) mass is 332 g/mol. The SMILES string of the molecule is CC(C)(CO)C(NC(=O)c1cnn(-c2ccc(F)cc2)n1)C1CC1. The van der Waals surface area contributed by atoms with Crippen LogP contribution in [0.3, 0.4) is 0 Å². The second-order valence-corrected chi connectivity index (χ2v) is 6.93. The number of amides is 1. The highest BCUT2D eigenvalue weighted by Gasteiger charge is 2.42. The summed E-state index contributed by atoms with van der Waals surface area (Å²) in [4.78, 5) is 13.8. The van der Waals surface area contributed by atoms with Crippen molar-refractivity contribution in [1.82, 2.24) is 20.3 Å². The van der Waals surface area contributed by atoms with E-state index in [-0.39, 0.29) is 30.1 Å². The summed E-state index contributed by atoms with van der Waals surface area (Å²) >= 11 is 0. The van der Waals surface area contributed by atoms with Gasteiger partial charge in [0.2, 0.25) is 0 Å². The minimum absolute atomic E-state index is 0.00326. The van der Waals surface area contributed by atoms with Crippen molar-refractivity contribution in [2.45, 2.75) is 32.7 Å². The Hall–Kier alpha value is -2.28. The molecule has 1 aromatic heterocycles. The second-order valence-electron chi connectivity index (χ2n) is 6.93. The predicted molar refractivity (Wildman–Crippen MR) is 86.2 cm³/mol. The molecule has 2 N–H and O–H groups in total. The lowest BCUT2D eigenvalue weighted by Crippen LogP contribution is -2.48. The average Bonchev–Trinajstić information content (AvgIpc) is 3.28. The molecule has 0 aliphatic heterocycles. The van der Waals surface area contributed by atoms with Gasteiger partial charge in [-0.25, -0.2) is 4.39 Å². The number of benzene rings is 1. The first kappa shape index (κ1) is 16.6. The molecule has 1 aromatic carbocycles. The molecular formula is C17H21FN4O2. The van der Waals surface area contributed by atoms with Crippen LogP contribution in [-0.4, -0.2) is 38.7 Å². The topological polar surface area (TPSA) is 80.0 Å². The van der Waals surface area contributed by atoms with E-state index < -0.39 is 5.41 Å². The van der Waals surface area contributed by atoms with Crippen LogP contribution in [0.15, 0.2) is 30.5 Å². The Balaban J connectivity index is 1.74. The fraction of sp³-hybridized carbons (Fsp3) is 0.471. The zero-order valence-corrected chi connectivity index (χ0v) is 13.7. The van der Waals surface area contributed by atoms with Crippen molar-refractivity contribution in [2.24, 2.45) is 11.3 Å². The maximum absolute atomic E-state index is 13.0. The van der Waals surface area contributed by atoms with E-state index in [0.717, 1.165) is 12.8 Å². The molecule has 24 heavy (non-hydrogen) atoms. The maximum Gasteiger partial charge on any atom is 0.273 e. The lowest BCUT2D eigenvalue weighted by atomic mass is 9.82. The summed E-state index contributed by atoms with van der Waals surface area (Å²) in [7, 11) is 0. The quantitative estimate of drug-likeness (QED) is 0.847. The summed E-state index contributed by atoms with van der Waals surface area (Å²) in [6.45, 7) is 3.87. The van der Waals surface area contributed by atoms with Gasteiger partial charge in [0.25, 0.3) is 5.91 Å². The lowest BCUT2D eigenvalue weighted by molar-refractivity contribution is 0.0767. The molecule has 0 radical (unpaired) electrons. The van der Waals surface area contributed by atoms with E-state index in [1.807, 2.05) is 13.8 Å². The number of aliphatic hydroxyl groups excluding tert-OH is 1. The third-order valence-corrected chi connectivity index (χ3v) is 4.41. The number of aliphatic hydroxyl groups is 1. The van der Waals surface area contributed by atoms with Gasteiger partial charge in [-0.3, -0.25) is 4.79 Å². The molecule has 1 amide bonds. The molecule has 1 aliphatic carbocycles. The fourth-order valence-corrected chi connectivity index (χ4v) is 2.76. The van der Waals surface area contributed by atoms with Crippen LogP contribution >= 0.6 is 0 Å². The highest BCUT2D eigenvalue weighted by molar-refractivity contribution is 5.92. The molecule has 0 spiro atoms. The number of nitrogens with one attached hydrogen (secondary N) is 1. The summed E-state index contributed by atoms with van der Waals surface area (Å²) in [6, 6.07) is 5.60. The van der Waals surface area contributed by atoms with Crippen molar-refractivity contribution in [3.63, 3.8) is 0 Å². The molecule has 2 aromatic rings. The van der Waals surface area contributed by atoms with Crippen molar-refractivity contribution in [1.29, 1.82) is 0 Å². The number of aromatic nitrogens is 3. The third-order valence-electron chi connectivity index (χ3n) is 4.41. The van der Waals surface area contributed by atoms with Crippen LogP contribution in [0.5, 0.6) is 0 Å². The Morgan fingerprint density at radius 1 is 1.42 bits per heavy atom. The van der Waals surface area contributed by atoms with E-state index in [9.17, 15) is 14.3 Å². The average molecular weight is 332 g/mol. The minimum Gasteiger partial charge on any atom is -0.396 e. The summed E-state index contributed by atoms with van der Waals surface area (Å²) < 4.78 is 13.0. The van der Waals surface area contributed by atoms with Gasteiger partial charge in [0, 0.05) is 11.5 Å². The Morgan fingerprint density at radius 3 is 2.67 bits per heavy atom. The first-order chi connectivity index (χ1) is 11.4. The zero-order chi connectivity index (χ0) is 17.3. The summed E-state index contributed by atoms with van der Waals surface area (Å²) in [6.07, 6.45) is 3.49. The number of hydrogen-bond acceptors (Lipinski definition) is 4. The maximum atomic E-state index is 13.0. The van der Waals surface area contributed by atoms with Crippen LogP contribution in [-0.2, 0) is 0 Å². The van der Waals surface area contributed by atoms with Gasteiger partial charge in [0.1, 0.15) is 5.82 Å². The van der Waals surface area contributed by atoms with Gasteiger partial charge in [-0.15, -0.1) is 5.10 Å². The van der Waals surface area contributed by atoms with Crippen LogP contribution < -0.4 is 5.32 Å². The van der Waals surface area contributed by atoms with Crippen molar-refractivity contribution < 1.29 is 14.3 Å². The number of carbonyl (C=O) groups excluding carboxylic acids is 1. The molecule has 1 unspecified atom stereocenters. The standard InChI is InChI=1S/C17H21FN4O2/c1-17(2,10-23)15(11-3-4-11)20-16(24)14-9-19-22(21-14)13-7-5-12(18)6-8-13/h5-9,11,15,23H,3-4,10H2,1-2H3,(H,20,24). The van der Waals surface area contributed by atoms with E-state index in [4.69, 9.17) is 0 Å². The molecule has 1 fully saturated rings. The van der Waals surface area contributed by atoms with E-state index in [1.165, 1.54) is 23.1 Å². The van der Waals surface area contributed by atoms with Crippen molar-refractivity contribution in [3.05, 3.63) is 42.0 Å². The molecule has 0 saturated heterocycles. The molecule has 1 saturated carbocycles. The molecule has 3 rings (SSSR count). The van der Waals surface area contributed by atoms with Crippen molar-refractivity contribution >= 4 is 5.91 Å². The first-order valence-corrected chi connectivity index (χ1v) is 8.01. The molecule has 0 bridgehead atoms. The van der Waals surface area contributed by atoms with Gasteiger partial charge < -0.3 is 10.4 Å². The Bertz CT molecular complexity index is 722. The Morgan fingerprint density at radius 2 is 2.08 bits per heavy atom. The van der Waals surface area contributed by atoms with Gasteiger partial charge in [0.05, 0.1) is 18.5 Å². The number of rotatable bonds is 6. The molecular weight excluding hydrogens is 311 g/mol. The normalized spacial score (nSPS) is 16.0. The van der Waals surface area contributed by atoms with Crippen molar-refractivity contribution in [2.75, 3.05) is 6.61 Å². The van der Waals surface area contributed by atoms with Gasteiger partial charge in [-0.1, -0.05) is 13.8 Å². The van der Waals surface area contributed by atoms with Crippen molar-refractivity contribution in [3.8, 4) is 5.69 Å². The van der Waals surface area contributed by atoms with E-state index in [2.05, 4.69) is 15.5 Å². The van der Waals surface area contributed by atoms with Crippen LogP contribution in [0.25, 0.3) is 5.69 Å². The van der Waals surface area contributed by atoms with Gasteiger partial charge in [-0.2, -0.15) is 9.90 Å². The molecule has 128 valence electrons. The molecule has 6 nitrogen and oxygen atoms in total. The fourth-order valence-electron chi connectivity index (χ4n) is 2.76. The number of halogens is 1. The minimum atomic E-state index is -0.399. The van der Waals surface area contributed by atoms with E-state index in [0.29, 0.717) is 11.6 Å². The summed E-state index contributed by atoms with van der Waals surface area (Å²) in [5.74, 6) is -0.271. The molecule has 1 heterocycles.